The fraction of sp³-hybridized carbons (Fsp3) is 0.429. The van der Waals surface area contributed by atoms with Crippen molar-refractivity contribution in [3.05, 3.63) is 27.8 Å². The van der Waals surface area contributed by atoms with Crippen LogP contribution in [0.25, 0.3) is 0 Å². The van der Waals surface area contributed by atoms with Crippen LogP contribution >= 0.6 is 22.6 Å². The molecule has 5 nitrogen and oxygen atoms in total. The Morgan fingerprint density at radius 1 is 1.40 bits per heavy atom. The van der Waals surface area contributed by atoms with Crippen molar-refractivity contribution in [2.24, 2.45) is 5.92 Å². The molecule has 2 amide bonds. The van der Waals surface area contributed by atoms with E-state index in [-0.39, 0.29) is 12.5 Å². The van der Waals surface area contributed by atoms with Crippen molar-refractivity contribution in [3.63, 3.8) is 0 Å². The molecule has 0 bridgehead atoms. The summed E-state index contributed by atoms with van der Waals surface area (Å²) in [6, 6.07) is 7.52. The fourth-order valence-corrected chi connectivity index (χ4v) is 2.86. The van der Waals surface area contributed by atoms with Gasteiger partial charge in [0.25, 0.3) is 0 Å². The zero-order valence-electron chi connectivity index (χ0n) is 11.0. The maximum Gasteiger partial charge on any atom is 0.321 e. The third-order valence-corrected chi connectivity index (χ3v) is 4.40. The summed E-state index contributed by atoms with van der Waals surface area (Å²) < 4.78 is 1.00. The summed E-state index contributed by atoms with van der Waals surface area (Å²) in [6.45, 7) is 1.34. The summed E-state index contributed by atoms with van der Waals surface area (Å²) in [4.78, 5) is 24.5. The van der Waals surface area contributed by atoms with Crippen LogP contribution in [0.2, 0.25) is 0 Å². The van der Waals surface area contributed by atoms with Crippen LogP contribution in [0.1, 0.15) is 19.3 Å². The third kappa shape index (κ3) is 4.09. The fourth-order valence-electron chi connectivity index (χ4n) is 2.34. The molecule has 0 radical (unpaired) electrons. The van der Waals surface area contributed by atoms with Crippen molar-refractivity contribution in [1.29, 1.82) is 0 Å². The molecule has 1 aliphatic heterocycles. The molecule has 2 rings (SSSR count). The van der Waals surface area contributed by atoms with E-state index in [4.69, 9.17) is 5.11 Å². The monoisotopic (exact) mass is 388 g/mol. The van der Waals surface area contributed by atoms with Gasteiger partial charge in [0.05, 0.1) is 5.69 Å². The maximum absolute atomic E-state index is 12.1. The number of amides is 2. The molecule has 0 aromatic heterocycles. The van der Waals surface area contributed by atoms with Crippen LogP contribution in [0.5, 0.6) is 0 Å². The quantitative estimate of drug-likeness (QED) is 0.780. The lowest BCUT2D eigenvalue weighted by molar-refractivity contribution is -0.137. The molecular weight excluding hydrogens is 371 g/mol. The topological polar surface area (TPSA) is 69.6 Å². The van der Waals surface area contributed by atoms with Crippen LogP contribution in [-0.4, -0.2) is 35.1 Å². The Kier molecular flexibility index (Phi) is 5.22. The minimum absolute atomic E-state index is 0.105. The number of likely N-dealkylation sites (tertiary alicyclic amines) is 1. The van der Waals surface area contributed by atoms with Gasteiger partial charge < -0.3 is 15.3 Å². The van der Waals surface area contributed by atoms with Gasteiger partial charge in [-0.15, -0.1) is 0 Å². The zero-order chi connectivity index (χ0) is 14.5. The first-order chi connectivity index (χ1) is 9.56. The SMILES string of the molecule is O=C(O)CCC1CCN(C(=O)Nc2ccccc2I)C1. The van der Waals surface area contributed by atoms with Crippen molar-refractivity contribution in [1.82, 2.24) is 4.90 Å². The number of hydrogen-bond acceptors (Lipinski definition) is 2. The molecule has 1 heterocycles. The molecule has 6 heteroatoms. The Hall–Kier alpha value is -1.31. The van der Waals surface area contributed by atoms with Crippen LogP contribution in [0.3, 0.4) is 0 Å². The van der Waals surface area contributed by atoms with Crippen LogP contribution in [-0.2, 0) is 4.79 Å². The number of carbonyl (C=O) groups excluding carboxylic acids is 1. The summed E-state index contributed by atoms with van der Waals surface area (Å²) in [7, 11) is 0. The molecule has 1 atom stereocenters. The summed E-state index contributed by atoms with van der Waals surface area (Å²) in [6.07, 6.45) is 1.70. The molecule has 1 fully saturated rings. The highest BCUT2D eigenvalue weighted by Gasteiger charge is 2.26. The summed E-state index contributed by atoms with van der Waals surface area (Å²) in [5.41, 5.74) is 0.812. The number of para-hydroxylation sites is 1. The second kappa shape index (κ2) is 6.92. The predicted molar refractivity (Wildman–Crippen MR) is 84.7 cm³/mol. The highest BCUT2D eigenvalue weighted by Crippen LogP contribution is 2.23. The minimum atomic E-state index is -0.772. The van der Waals surface area contributed by atoms with Gasteiger partial charge in [0.15, 0.2) is 0 Å². The summed E-state index contributed by atoms with van der Waals surface area (Å²) in [5.74, 6) is -0.474. The van der Waals surface area contributed by atoms with E-state index >= 15 is 0 Å². The molecule has 0 aliphatic carbocycles. The number of benzene rings is 1. The first-order valence-corrected chi connectivity index (χ1v) is 7.66. The first-order valence-electron chi connectivity index (χ1n) is 6.58. The number of carboxylic acid groups (broad SMARTS) is 1. The Morgan fingerprint density at radius 3 is 2.85 bits per heavy atom. The second-order valence-electron chi connectivity index (χ2n) is 4.94. The van der Waals surface area contributed by atoms with Gasteiger partial charge >= 0.3 is 12.0 Å². The lowest BCUT2D eigenvalue weighted by Crippen LogP contribution is -2.33. The molecule has 20 heavy (non-hydrogen) atoms. The standard InChI is InChI=1S/C14H17IN2O3/c15-11-3-1-2-4-12(11)16-14(20)17-8-7-10(9-17)5-6-13(18)19/h1-4,10H,5-9H2,(H,16,20)(H,18,19). The molecule has 0 spiro atoms. The summed E-state index contributed by atoms with van der Waals surface area (Å²) >= 11 is 2.18. The van der Waals surface area contributed by atoms with Gasteiger partial charge in [-0.05, 0) is 53.5 Å². The van der Waals surface area contributed by atoms with Gasteiger partial charge in [-0.2, -0.15) is 0 Å². The van der Waals surface area contributed by atoms with E-state index in [2.05, 4.69) is 27.9 Å². The molecule has 0 saturated carbocycles. The van der Waals surface area contributed by atoms with Gasteiger partial charge in [-0.3, -0.25) is 4.79 Å². The van der Waals surface area contributed by atoms with E-state index in [0.717, 1.165) is 15.7 Å². The van der Waals surface area contributed by atoms with E-state index < -0.39 is 5.97 Å². The van der Waals surface area contributed by atoms with E-state index in [0.29, 0.717) is 25.4 Å². The van der Waals surface area contributed by atoms with Crippen LogP contribution in [0.15, 0.2) is 24.3 Å². The first kappa shape index (κ1) is 15.1. The average molecular weight is 388 g/mol. The van der Waals surface area contributed by atoms with Crippen molar-refractivity contribution >= 4 is 40.3 Å². The molecule has 108 valence electrons. The van der Waals surface area contributed by atoms with E-state index in [1.807, 2.05) is 24.3 Å². The Morgan fingerprint density at radius 2 is 2.15 bits per heavy atom. The van der Waals surface area contributed by atoms with Crippen molar-refractivity contribution < 1.29 is 14.7 Å². The van der Waals surface area contributed by atoms with Crippen molar-refractivity contribution in [2.45, 2.75) is 19.3 Å². The highest BCUT2D eigenvalue weighted by atomic mass is 127. The molecule has 2 N–H and O–H groups in total. The van der Waals surface area contributed by atoms with Crippen LogP contribution in [0.4, 0.5) is 10.5 Å². The highest BCUT2D eigenvalue weighted by molar-refractivity contribution is 14.1. The lowest BCUT2D eigenvalue weighted by atomic mass is 10.0. The van der Waals surface area contributed by atoms with Gasteiger partial charge in [0.1, 0.15) is 0 Å². The van der Waals surface area contributed by atoms with E-state index in [9.17, 15) is 9.59 Å². The van der Waals surface area contributed by atoms with Crippen LogP contribution in [0, 0.1) is 9.49 Å². The number of rotatable bonds is 4. The van der Waals surface area contributed by atoms with Gasteiger partial charge in [0.2, 0.25) is 0 Å². The molecule has 1 aromatic carbocycles. The molecule has 1 saturated heterocycles. The molecule has 1 unspecified atom stereocenters. The van der Waals surface area contributed by atoms with E-state index in [1.54, 1.807) is 4.90 Å². The zero-order valence-corrected chi connectivity index (χ0v) is 13.2. The number of aliphatic carboxylic acids is 1. The van der Waals surface area contributed by atoms with Gasteiger partial charge in [-0.25, -0.2) is 4.79 Å². The number of hydrogen-bond donors (Lipinski definition) is 2. The minimum Gasteiger partial charge on any atom is -0.481 e. The maximum atomic E-state index is 12.1. The second-order valence-corrected chi connectivity index (χ2v) is 6.11. The van der Waals surface area contributed by atoms with E-state index in [1.165, 1.54) is 0 Å². The number of carboxylic acids is 1. The normalized spacial score (nSPS) is 18.1. The van der Waals surface area contributed by atoms with Gasteiger partial charge in [-0.1, -0.05) is 12.1 Å². The molecule has 1 aromatic rings. The largest absolute Gasteiger partial charge is 0.481 e. The molecular formula is C14H17IN2O3. The van der Waals surface area contributed by atoms with Gasteiger partial charge in [0, 0.05) is 23.1 Å². The number of carbonyl (C=O) groups is 2. The lowest BCUT2D eigenvalue weighted by Gasteiger charge is -2.18. The average Bonchev–Trinajstić information content (AvgIpc) is 2.88. The molecule has 1 aliphatic rings. The van der Waals surface area contributed by atoms with Crippen molar-refractivity contribution in [3.8, 4) is 0 Å². The summed E-state index contributed by atoms with van der Waals surface area (Å²) in [5, 5.41) is 11.6. The Labute approximate surface area is 131 Å². The number of nitrogens with zero attached hydrogens (tertiary/aromatic N) is 1. The smallest absolute Gasteiger partial charge is 0.321 e. The number of anilines is 1. The van der Waals surface area contributed by atoms with Crippen molar-refractivity contribution in [2.75, 3.05) is 18.4 Å². The number of nitrogens with one attached hydrogen (secondary N) is 1. The van der Waals surface area contributed by atoms with Crippen LogP contribution < -0.4 is 5.32 Å². The predicted octanol–water partition coefficient (Wildman–Crippen LogP) is 3.01. The number of halogens is 1. The Bertz CT molecular complexity index is 507. The number of urea groups is 1. The third-order valence-electron chi connectivity index (χ3n) is 3.45. The Balaban J connectivity index is 1.85.